The first-order valence-corrected chi connectivity index (χ1v) is 6.23. The summed E-state index contributed by atoms with van der Waals surface area (Å²) in [7, 11) is 0. The number of unbranched alkanes of at least 4 members (excludes halogenated alkanes) is 3. The van der Waals surface area contributed by atoms with Crippen LogP contribution in [0.3, 0.4) is 0 Å². The molecule has 1 fully saturated rings. The highest BCUT2D eigenvalue weighted by molar-refractivity contribution is 4.71. The van der Waals surface area contributed by atoms with Crippen LogP contribution in [0.1, 0.15) is 64.7 Å². The van der Waals surface area contributed by atoms with Crippen molar-refractivity contribution >= 4 is 0 Å². The van der Waals surface area contributed by atoms with Gasteiger partial charge in [-0.15, -0.1) is 10.1 Å². The average molecular weight is 229 g/mol. The molecule has 0 radical (unpaired) electrons. The van der Waals surface area contributed by atoms with Crippen molar-refractivity contribution in [2.24, 2.45) is 0 Å². The van der Waals surface area contributed by atoms with Crippen LogP contribution in [0.4, 0.5) is 0 Å². The zero-order valence-electron chi connectivity index (χ0n) is 10.2. The smallest absolute Gasteiger partial charge is 0.284 e. The molecule has 16 heavy (non-hydrogen) atoms. The lowest BCUT2D eigenvalue weighted by molar-refractivity contribution is -0.737. The minimum Gasteiger partial charge on any atom is -0.284 e. The summed E-state index contributed by atoms with van der Waals surface area (Å²) in [4.78, 5) is 13.6. The van der Waals surface area contributed by atoms with E-state index in [9.17, 15) is 10.1 Å². The number of rotatable bonds is 6. The molecule has 0 spiro atoms. The van der Waals surface area contributed by atoms with Crippen LogP contribution in [0.15, 0.2) is 12.3 Å². The Morgan fingerprint density at radius 3 is 2.19 bits per heavy atom. The van der Waals surface area contributed by atoms with Crippen LogP contribution < -0.4 is 0 Å². The second-order valence-corrected chi connectivity index (χ2v) is 3.96. The summed E-state index contributed by atoms with van der Waals surface area (Å²) in [6.07, 6.45) is 14.5. The maximum Gasteiger partial charge on any atom is 0.299 e. The Balaban J connectivity index is 0.000000368. The van der Waals surface area contributed by atoms with E-state index in [0.717, 1.165) is 31.9 Å². The highest BCUT2D eigenvalue weighted by Crippen LogP contribution is 2.15. The summed E-state index contributed by atoms with van der Waals surface area (Å²) in [6.45, 7) is 2.11. The van der Waals surface area contributed by atoms with Crippen LogP contribution in [-0.4, -0.2) is 5.09 Å². The quantitative estimate of drug-likeness (QED) is 0.296. The number of hydrogen-bond donors (Lipinski definition) is 0. The molecule has 4 heteroatoms. The van der Waals surface area contributed by atoms with Gasteiger partial charge in [0.1, 0.15) is 0 Å². The summed E-state index contributed by atoms with van der Waals surface area (Å²) in [5.74, 6) is 0. The summed E-state index contributed by atoms with van der Waals surface area (Å²) >= 11 is 0. The van der Waals surface area contributed by atoms with Gasteiger partial charge in [-0.25, -0.2) is 0 Å². The minimum absolute atomic E-state index is 0.823. The first kappa shape index (κ1) is 14.9. The zero-order chi connectivity index (χ0) is 12.1. The normalized spacial score (nSPS) is 14.6. The fourth-order valence-corrected chi connectivity index (χ4v) is 1.56. The predicted molar refractivity (Wildman–Crippen MR) is 64.4 cm³/mol. The molecule has 0 N–H and O–H groups in total. The predicted octanol–water partition coefficient (Wildman–Crippen LogP) is 4.24. The van der Waals surface area contributed by atoms with Crippen molar-refractivity contribution in [1.29, 1.82) is 0 Å². The van der Waals surface area contributed by atoms with Crippen molar-refractivity contribution < 1.29 is 9.92 Å². The fourth-order valence-electron chi connectivity index (χ4n) is 1.56. The molecule has 0 saturated heterocycles. The van der Waals surface area contributed by atoms with Crippen molar-refractivity contribution in [3.8, 4) is 0 Å². The third-order valence-electron chi connectivity index (χ3n) is 2.47. The molecule has 0 unspecified atom stereocenters. The molecule has 0 aliphatic heterocycles. The molecule has 94 valence electrons. The highest BCUT2D eigenvalue weighted by atomic mass is 16.9. The SMILES string of the molecule is C1CCCC1.CCCCCC=CO[N+](=O)[O-]. The van der Waals surface area contributed by atoms with Gasteiger partial charge in [0.15, 0.2) is 0 Å². The van der Waals surface area contributed by atoms with Crippen molar-refractivity contribution in [3.05, 3.63) is 22.5 Å². The van der Waals surface area contributed by atoms with E-state index in [1.54, 1.807) is 6.08 Å². The van der Waals surface area contributed by atoms with Crippen molar-refractivity contribution in [1.82, 2.24) is 0 Å². The van der Waals surface area contributed by atoms with Gasteiger partial charge in [-0.1, -0.05) is 57.9 Å². The van der Waals surface area contributed by atoms with Crippen LogP contribution in [0.25, 0.3) is 0 Å². The third-order valence-corrected chi connectivity index (χ3v) is 2.47. The number of nitrogens with zero attached hydrogens (tertiary/aromatic N) is 1. The fraction of sp³-hybridized carbons (Fsp3) is 0.833. The number of allylic oxidation sites excluding steroid dienone is 1. The average Bonchev–Trinajstić information content (AvgIpc) is 2.81. The Bertz CT molecular complexity index is 181. The van der Waals surface area contributed by atoms with Gasteiger partial charge >= 0.3 is 0 Å². The minimum atomic E-state index is -0.823. The van der Waals surface area contributed by atoms with E-state index >= 15 is 0 Å². The van der Waals surface area contributed by atoms with Gasteiger partial charge < -0.3 is 0 Å². The first-order chi connectivity index (χ1) is 7.77. The summed E-state index contributed by atoms with van der Waals surface area (Å²) < 4.78 is 0. The molecule has 0 aromatic heterocycles. The number of hydrogen-bond acceptors (Lipinski definition) is 3. The van der Waals surface area contributed by atoms with Crippen molar-refractivity contribution in [2.45, 2.75) is 64.7 Å². The molecule has 0 heterocycles. The summed E-state index contributed by atoms with van der Waals surface area (Å²) in [6, 6.07) is 0. The van der Waals surface area contributed by atoms with Crippen molar-refractivity contribution in [3.63, 3.8) is 0 Å². The largest absolute Gasteiger partial charge is 0.299 e. The standard InChI is InChI=1S/C7H13NO3.C5H10/c1-2-3-4-5-6-7-11-8(9)10;1-2-4-5-3-1/h6-7H,2-5H2,1H3;1-5H2. The van der Waals surface area contributed by atoms with Gasteiger partial charge in [-0.05, 0) is 12.8 Å². The molecule has 1 aliphatic carbocycles. The summed E-state index contributed by atoms with van der Waals surface area (Å²) in [5, 5.41) is 8.80. The van der Waals surface area contributed by atoms with Gasteiger partial charge in [0.25, 0.3) is 5.09 Å². The van der Waals surface area contributed by atoms with Crippen LogP contribution in [-0.2, 0) is 4.84 Å². The first-order valence-electron chi connectivity index (χ1n) is 6.23. The Morgan fingerprint density at radius 1 is 1.19 bits per heavy atom. The van der Waals surface area contributed by atoms with E-state index < -0.39 is 5.09 Å². The van der Waals surface area contributed by atoms with Gasteiger partial charge in [0.05, 0.1) is 6.26 Å². The molecule has 4 nitrogen and oxygen atoms in total. The highest BCUT2D eigenvalue weighted by Gasteiger charge is 1.95. The topological polar surface area (TPSA) is 52.4 Å². The monoisotopic (exact) mass is 229 g/mol. The Morgan fingerprint density at radius 2 is 1.75 bits per heavy atom. The Kier molecular flexibility index (Phi) is 11.2. The van der Waals surface area contributed by atoms with Crippen molar-refractivity contribution in [2.75, 3.05) is 0 Å². The van der Waals surface area contributed by atoms with E-state index in [2.05, 4.69) is 11.8 Å². The second kappa shape index (κ2) is 12.0. The molecular weight excluding hydrogens is 206 g/mol. The molecule has 0 atom stereocenters. The summed E-state index contributed by atoms with van der Waals surface area (Å²) in [5.41, 5.74) is 0. The molecule has 0 aromatic rings. The maximum absolute atomic E-state index is 9.62. The van der Waals surface area contributed by atoms with Crippen LogP contribution in [0.2, 0.25) is 0 Å². The van der Waals surface area contributed by atoms with E-state index in [4.69, 9.17) is 0 Å². The molecule has 1 saturated carbocycles. The third kappa shape index (κ3) is 12.9. The van der Waals surface area contributed by atoms with E-state index in [1.165, 1.54) is 32.1 Å². The lowest BCUT2D eigenvalue weighted by Gasteiger charge is -1.90. The Hall–Kier alpha value is -1.06. The van der Waals surface area contributed by atoms with E-state index in [-0.39, 0.29) is 0 Å². The maximum atomic E-state index is 9.62. The van der Waals surface area contributed by atoms with Gasteiger partial charge in [0.2, 0.25) is 0 Å². The van der Waals surface area contributed by atoms with Crippen LogP contribution in [0.5, 0.6) is 0 Å². The molecule has 0 aromatic carbocycles. The lowest BCUT2D eigenvalue weighted by atomic mass is 10.2. The molecular formula is C12H23NO3. The molecule has 1 rings (SSSR count). The van der Waals surface area contributed by atoms with Gasteiger partial charge in [-0.3, -0.25) is 4.84 Å². The molecule has 1 aliphatic rings. The second-order valence-electron chi connectivity index (χ2n) is 3.96. The lowest BCUT2D eigenvalue weighted by Crippen LogP contribution is -1.91. The Labute approximate surface area is 97.8 Å². The van der Waals surface area contributed by atoms with E-state index in [0.29, 0.717) is 0 Å². The van der Waals surface area contributed by atoms with Crippen LogP contribution >= 0.6 is 0 Å². The van der Waals surface area contributed by atoms with Gasteiger partial charge in [0, 0.05) is 0 Å². The zero-order valence-corrected chi connectivity index (χ0v) is 10.2. The molecule has 0 amide bonds. The van der Waals surface area contributed by atoms with E-state index in [1.807, 2.05) is 0 Å². The van der Waals surface area contributed by atoms with Gasteiger partial charge in [-0.2, -0.15) is 0 Å². The van der Waals surface area contributed by atoms with Crippen LogP contribution in [0, 0.1) is 10.1 Å². The molecule has 0 bridgehead atoms.